The topological polar surface area (TPSA) is 121 Å². The number of carbonyl (C=O) groups is 3. The number of nitrogens with zero attached hydrogens (tertiary/aromatic N) is 1. The van der Waals surface area contributed by atoms with Gasteiger partial charge in [0.15, 0.2) is 5.54 Å². The number of hydrogen-bond acceptors (Lipinski definition) is 6. The number of nitrogens with one attached hydrogen (secondary N) is 2. The molecule has 2 aromatic rings. The molecule has 0 aliphatic carbocycles. The number of rotatable bonds is 7. The van der Waals surface area contributed by atoms with E-state index in [1.54, 1.807) is 36.6 Å². The average molecular weight is 427 g/mol. The molecule has 0 unspecified atom stereocenters. The summed E-state index contributed by atoms with van der Waals surface area (Å²) < 4.78 is 10.6. The Morgan fingerprint density at radius 3 is 2.39 bits per heavy atom. The standard InChI is InChI=1S/C22H25N3O6/c1-5-30-14-18-12-16(13-31-18)7-6-15-8-10-17(11-9-15)19(26)25(4)22(2,20(27)23-3)21(28)24-29/h8-13,29H,5,14H2,1-4H3,(H,23,27)(H,24,28)/t22-/m0/s1. The van der Waals surface area contributed by atoms with Crippen LogP contribution in [0.5, 0.6) is 0 Å². The van der Waals surface area contributed by atoms with Crippen molar-refractivity contribution >= 4 is 17.7 Å². The maximum Gasteiger partial charge on any atom is 0.278 e. The molecule has 0 radical (unpaired) electrons. The lowest BCUT2D eigenvalue weighted by molar-refractivity contribution is -0.148. The van der Waals surface area contributed by atoms with Crippen molar-refractivity contribution in [2.75, 3.05) is 20.7 Å². The smallest absolute Gasteiger partial charge is 0.278 e. The van der Waals surface area contributed by atoms with E-state index < -0.39 is 23.3 Å². The lowest BCUT2D eigenvalue weighted by atomic mass is 9.96. The molecule has 164 valence electrons. The van der Waals surface area contributed by atoms with Crippen molar-refractivity contribution in [3.63, 3.8) is 0 Å². The highest BCUT2D eigenvalue weighted by molar-refractivity contribution is 6.12. The van der Waals surface area contributed by atoms with E-state index in [1.165, 1.54) is 26.5 Å². The van der Waals surface area contributed by atoms with Crippen LogP contribution >= 0.6 is 0 Å². The molecule has 0 saturated heterocycles. The Kier molecular flexibility index (Phi) is 7.96. The van der Waals surface area contributed by atoms with Crippen LogP contribution in [0.1, 0.15) is 41.1 Å². The second-order valence-corrected chi connectivity index (χ2v) is 6.72. The Morgan fingerprint density at radius 2 is 1.81 bits per heavy atom. The van der Waals surface area contributed by atoms with Gasteiger partial charge in [0.05, 0.1) is 5.56 Å². The third-order valence-electron chi connectivity index (χ3n) is 4.77. The third kappa shape index (κ3) is 5.31. The summed E-state index contributed by atoms with van der Waals surface area (Å²) in [5, 5.41) is 11.3. The maximum absolute atomic E-state index is 12.8. The van der Waals surface area contributed by atoms with Gasteiger partial charge in [0.25, 0.3) is 17.7 Å². The lowest BCUT2D eigenvalue weighted by Gasteiger charge is -2.34. The first-order valence-corrected chi connectivity index (χ1v) is 9.50. The fourth-order valence-corrected chi connectivity index (χ4v) is 2.72. The number of hydrogen-bond donors (Lipinski definition) is 3. The highest BCUT2D eigenvalue weighted by Crippen LogP contribution is 2.18. The van der Waals surface area contributed by atoms with Crippen molar-refractivity contribution in [2.45, 2.75) is 26.0 Å². The molecule has 9 heteroatoms. The zero-order chi connectivity index (χ0) is 23.0. The fourth-order valence-electron chi connectivity index (χ4n) is 2.72. The Hall–Kier alpha value is -3.61. The van der Waals surface area contributed by atoms with Gasteiger partial charge in [0, 0.05) is 31.8 Å². The normalized spacial score (nSPS) is 12.2. The molecule has 1 atom stereocenters. The second-order valence-electron chi connectivity index (χ2n) is 6.72. The van der Waals surface area contributed by atoms with Gasteiger partial charge >= 0.3 is 0 Å². The number of likely N-dealkylation sites (N-methyl/N-ethyl adjacent to an activating group) is 2. The minimum atomic E-state index is -1.94. The van der Waals surface area contributed by atoms with Crippen molar-refractivity contribution in [2.24, 2.45) is 0 Å². The molecule has 0 aliphatic heterocycles. The van der Waals surface area contributed by atoms with E-state index in [1.807, 2.05) is 6.92 Å². The van der Waals surface area contributed by atoms with Gasteiger partial charge in [-0.25, -0.2) is 5.48 Å². The lowest BCUT2D eigenvalue weighted by Crippen LogP contribution is -2.64. The maximum atomic E-state index is 12.8. The summed E-state index contributed by atoms with van der Waals surface area (Å²) in [6.07, 6.45) is 1.54. The molecule has 3 N–H and O–H groups in total. The van der Waals surface area contributed by atoms with E-state index in [-0.39, 0.29) is 5.56 Å². The summed E-state index contributed by atoms with van der Waals surface area (Å²) in [6, 6.07) is 8.18. The predicted molar refractivity (Wildman–Crippen MR) is 111 cm³/mol. The molecule has 1 aromatic heterocycles. The summed E-state index contributed by atoms with van der Waals surface area (Å²) in [4.78, 5) is 38.1. The van der Waals surface area contributed by atoms with Gasteiger partial charge in [-0.1, -0.05) is 11.8 Å². The van der Waals surface area contributed by atoms with Crippen LogP contribution in [-0.4, -0.2) is 54.1 Å². The summed E-state index contributed by atoms with van der Waals surface area (Å²) >= 11 is 0. The molecule has 1 aromatic carbocycles. The number of furan rings is 1. The first-order valence-electron chi connectivity index (χ1n) is 9.50. The van der Waals surface area contributed by atoms with Gasteiger partial charge in [0.1, 0.15) is 18.6 Å². The van der Waals surface area contributed by atoms with Gasteiger partial charge in [-0.15, -0.1) is 0 Å². The van der Waals surface area contributed by atoms with Crippen molar-refractivity contribution < 1.29 is 28.7 Å². The van der Waals surface area contributed by atoms with E-state index >= 15 is 0 Å². The molecule has 2 rings (SSSR count). The largest absolute Gasteiger partial charge is 0.466 e. The van der Waals surface area contributed by atoms with Crippen LogP contribution in [0.2, 0.25) is 0 Å². The molecular weight excluding hydrogens is 402 g/mol. The first-order chi connectivity index (χ1) is 14.8. The van der Waals surface area contributed by atoms with Crippen molar-refractivity contribution in [1.82, 2.24) is 15.7 Å². The van der Waals surface area contributed by atoms with Crippen LogP contribution in [-0.2, 0) is 20.9 Å². The van der Waals surface area contributed by atoms with E-state index in [0.717, 1.165) is 4.90 Å². The van der Waals surface area contributed by atoms with E-state index in [4.69, 9.17) is 14.4 Å². The number of ether oxygens (including phenoxy) is 1. The summed E-state index contributed by atoms with van der Waals surface area (Å²) in [5.74, 6) is 4.26. The Morgan fingerprint density at radius 1 is 1.16 bits per heavy atom. The monoisotopic (exact) mass is 427 g/mol. The fraction of sp³-hybridized carbons (Fsp3) is 0.318. The number of carbonyl (C=O) groups excluding carboxylic acids is 3. The second kappa shape index (κ2) is 10.4. The molecule has 9 nitrogen and oxygen atoms in total. The summed E-state index contributed by atoms with van der Waals surface area (Å²) in [6.45, 7) is 4.11. The van der Waals surface area contributed by atoms with Crippen LogP contribution in [0.15, 0.2) is 41.0 Å². The minimum Gasteiger partial charge on any atom is -0.466 e. The molecule has 31 heavy (non-hydrogen) atoms. The summed E-state index contributed by atoms with van der Waals surface area (Å²) in [5.41, 5.74) is 1.10. The Balaban J connectivity index is 2.17. The SMILES string of the molecule is CCOCc1cc(C#Cc2ccc(C(=O)N(C)[C@@](C)(C(=O)NC)C(=O)NO)cc2)co1. The summed E-state index contributed by atoms with van der Waals surface area (Å²) in [7, 11) is 2.64. The first kappa shape index (κ1) is 23.7. The molecule has 3 amide bonds. The predicted octanol–water partition coefficient (Wildman–Crippen LogP) is 1.30. The van der Waals surface area contributed by atoms with Gasteiger partial charge in [-0.2, -0.15) is 0 Å². The number of amides is 3. The zero-order valence-electron chi connectivity index (χ0n) is 17.8. The Labute approximate surface area is 180 Å². The van der Waals surface area contributed by atoms with E-state index in [9.17, 15) is 14.4 Å². The quantitative estimate of drug-likeness (QED) is 0.265. The van der Waals surface area contributed by atoms with Crippen LogP contribution in [0.25, 0.3) is 0 Å². The van der Waals surface area contributed by atoms with E-state index in [2.05, 4.69) is 17.2 Å². The van der Waals surface area contributed by atoms with Gasteiger partial charge in [0.2, 0.25) is 0 Å². The van der Waals surface area contributed by atoms with Crippen molar-refractivity contribution in [1.29, 1.82) is 0 Å². The van der Waals surface area contributed by atoms with Crippen molar-refractivity contribution in [3.05, 3.63) is 59.0 Å². The average Bonchev–Trinajstić information content (AvgIpc) is 3.26. The van der Waals surface area contributed by atoms with Gasteiger partial charge in [-0.05, 0) is 44.2 Å². The van der Waals surface area contributed by atoms with Gasteiger partial charge in [-0.3, -0.25) is 19.6 Å². The minimum absolute atomic E-state index is 0.247. The zero-order valence-corrected chi connectivity index (χ0v) is 17.8. The number of hydroxylamine groups is 1. The van der Waals surface area contributed by atoms with E-state index in [0.29, 0.717) is 30.1 Å². The highest BCUT2D eigenvalue weighted by Gasteiger charge is 2.47. The van der Waals surface area contributed by atoms with Crippen molar-refractivity contribution in [3.8, 4) is 11.8 Å². The molecular formula is C22H25N3O6. The highest BCUT2D eigenvalue weighted by atomic mass is 16.5. The molecule has 1 heterocycles. The third-order valence-corrected chi connectivity index (χ3v) is 4.77. The molecule has 0 spiro atoms. The van der Waals surface area contributed by atoms with Gasteiger partial charge < -0.3 is 19.4 Å². The van der Waals surface area contributed by atoms with Crippen LogP contribution < -0.4 is 10.8 Å². The van der Waals surface area contributed by atoms with Crippen LogP contribution in [0.3, 0.4) is 0 Å². The molecule has 0 aliphatic rings. The Bertz CT molecular complexity index is 984. The van der Waals surface area contributed by atoms with Crippen LogP contribution in [0, 0.1) is 11.8 Å². The molecule has 0 bridgehead atoms. The molecule has 0 fully saturated rings. The van der Waals surface area contributed by atoms with Crippen LogP contribution in [0.4, 0.5) is 0 Å². The number of benzene rings is 1. The molecule has 0 saturated carbocycles.